The number of amides is 1. The lowest BCUT2D eigenvalue weighted by Crippen LogP contribution is -2.28. The van der Waals surface area contributed by atoms with Gasteiger partial charge in [-0.2, -0.15) is 4.98 Å². The highest BCUT2D eigenvalue weighted by Crippen LogP contribution is 2.37. The SMILES string of the molecule is CCN(C)c1nc(NC2CCC(c3c(C(N)=O)ccc(F)c3F)CC2)ncc1C.Cl. The van der Waals surface area contributed by atoms with Crippen molar-refractivity contribution in [2.75, 3.05) is 23.8 Å². The standard InChI is InChI=1S/C21H27F2N5O.ClH/c1-4-28(3)20-12(2)11-25-21(27-20)26-14-7-5-13(6-8-14)17-15(19(24)29)9-10-16(22)18(17)23;/h9-11,13-14H,4-8H2,1-3H3,(H2,24,29)(H,25,26,27);1H. The third-order valence-corrected chi connectivity index (χ3v) is 5.65. The van der Waals surface area contributed by atoms with Gasteiger partial charge in [-0.05, 0) is 57.6 Å². The fourth-order valence-electron chi connectivity index (χ4n) is 3.93. The van der Waals surface area contributed by atoms with Crippen molar-refractivity contribution < 1.29 is 13.6 Å². The Kier molecular flexibility index (Phi) is 7.95. The van der Waals surface area contributed by atoms with Crippen molar-refractivity contribution in [3.05, 3.63) is 46.7 Å². The van der Waals surface area contributed by atoms with E-state index in [-0.39, 0.29) is 35.5 Å². The Morgan fingerprint density at radius 2 is 1.93 bits per heavy atom. The molecule has 1 heterocycles. The van der Waals surface area contributed by atoms with Gasteiger partial charge in [0.15, 0.2) is 11.6 Å². The lowest BCUT2D eigenvalue weighted by Gasteiger charge is -2.30. The van der Waals surface area contributed by atoms with Gasteiger partial charge in [0.2, 0.25) is 11.9 Å². The number of hydrogen-bond acceptors (Lipinski definition) is 5. The average molecular weight is 440 g/mol. The van der Waals surface area contributed by atoms with Crippen LogP contribution in [0.25, 0.3) is 0 Å². The van der Waals surface area contributed by atoms with Crippen molar-refractivity contribution in [2.24, 2.45) is 5.73 Å². The Labute approximate surface area is 181 Å². The summed E-state index contributed by atoms with van der Waals surface area (Å²) in [5.41, 5.74) is 6.54. The maximum absolute atomic E-state index is 14.4. The van der Waals surface area contributed by atoms with Crippen LogP contribution in [0.15, 0.2) is 18.3 Å². The Bertz CT molecular complexity index is 903. The van der Waals surface area contributed by atoms with E-state index >= 15 is 0 Å². The molecule has 1 aliphatic rings. The average Bonchev–Trinajstić information content (AvgIpc) is 2.71. The number of halogens is 3. The monoisotopic (exact) mass is 439 g/mol. The summed E-state index contributed by atoms with van der Waals surface area (Å²) in [5, 5.41) is 3.35. The number of anilines is 2. The van der Waals surface area contributed by atoms with E-state index in [9.17, 15) is 13.6 Å². The number of carbonyl (C=O) groups is 1. The molecule has 0 atom stereocenters. The Balaban J connectivity index is 0.00000320. The van der Waals surface area contributed by atoms with Crippen molar-refractivity contribution in [3.8, 4) is 0 Å². The van der Waals surface area contributed by atoms with Crippen LogP contribution in [0.2, 0.25) is 0 Å². The molecule has 1 amide bonds. The molecule has 0 aliphatic heterocycles. The molecule has 0 radical (unpaired) electrons. The minimum Gasteiger partial charge on any atom is -0.366 e. The first kappa shape index (κ1) is 23.8. The second-order valence-corrected chi connectivity index (χ2v) is 7.59. The largest absolute Gasteiger partial charge is 0.366 e. The molecule has 1 aromatic heterocycles. The van der Waals surface area contributed by atoms with Crippen molar-refractivity contribution in [3.63, 3.8) is 0 Å². The summed E-state index contributed by atoms with van der Waals surface area (Å²) in [4.78, 5) is 22.7. The second-order valence-electron chi connectivity index (χ2n) is 7.59. The van der Waals surface area contributed by atoms with E-state index in [0.29, 0.717) is 18.8 Å². The van der Waals surface area contributed by atoms with E-state index in [1.54, 1.807) is 6.20 Å². The Morgan fingerprint density at radius 3 is 2.53 bits per heavy atom. The summed E-state index contributed by atoms with van der Waals surface area (Å²) in [5.74, 6) is -1.46. The molecule has 0 bridgehead atoms. The molecule has 1 fully saturated rings. The van der Waals surface area contributed by atoms with Crippen LogP contribution in [0.4, 0.5) is 20.5 Å². The van der Waals surface area contributed by atoms with E-state index in [2.05, 4.69) is 27.1 Å². The third-order valence-electron chi connectivity index (χ3n) is 5.65. The van der Waals surface area contributed by atoms with E-state index in [4.69, 9.17) is 5.73 Å². The summed E-state index contributed by atoms with van der Waals surface area (Å²) < 4.78 is 28.2. The molecule has 1 aliphatic carbocycles. The van der Waals surface area contributed by atoms with Crippen LogP contribution in [0, 0.1) is 18.6 Å². The topological polar surface area (TPSA) is 84.1 Å². The maximum atomic E-state index is 14.4. The number of aromatic nitrogens is 2. The molecule has 3 rings (SSSR count). The molecule has 1 aromatic carbocycles. The molecule has 2 aromatic rings. The maximum Gasteiger partial charge on any atom is 0.249 e. The van der Waals surface area contributed by atoms with Crippen LogP contribution >= 0.6 is 12.4 Å². The zero-order valence-corrected chi connectivity index (χ0v) is 18.2. The molecule has 1 saturated carbocycles. The van der Waals surface area contributed by atoms with Crippen LogP contribution in [0.3, 0.4) is 0 Å². The quantitative estimate of drug-likeness (QED) is 0.705. The van der Waals surface area contributed by atoms with Crippen molar-refractivity contribution in [1.82, 2.24) is 9.97 Å². The van der Waals surface area contributed by atoms with Gasteiger partial charge in [-0.25, -0.2) is 13.8 Å². The number of aryl methyl sites for hydroxylation is 1. The van der Waals surface area contributed by atoms with Gasteiger partial charge in [0.25, 0.3) is 0 Å². The van der Waals surface area contributed by atoms with E-state index < -0.39 is 17.5 Å². The predicted octanol–water partition coefficient (Wildman–Crippen LogP) is 4.18. The van der Waals surface area contributed by atoms with Crippen LogP contribution in [0.5, 0.6) is 0 Å². The van der Waals surface area contributed by atoms with E-state index in [1.807, 2.05) is 14.0 Å². The molecule has 164 valence electrons. The van der Waals surface area contributed by atoms with Crippen LogP contribution in [-0.2, 0) is 0 Å². The molecule has 0 spiro atoms. The Morgan fingerprint density at radius 1 is 1.27 bits per heavy atom. The first-order chi connectivity index (χ1) is 13.8. The highest BCUT2D eigenvalue weighted by molar-refractivity contribution is 5.94. The summed E-state index contributed by atoms with van der Waals surface area (Å²) in [6, 6.07) is 2.35. The molecule has 3 N–H and O–H groups in total. The highest BCUT2D eigenvalue weighted by Gasteiger charge is 2.29. The number of carbonyl (C=O) groups excluding carboxylic acids is 1. The predicted molar refractivity (Wildman–Crippen MR) is 116 cm³/mol. The number of nitrogens with zero attached hydrogens (tertiary/aromatic N) is 3. The minimum absolute atomic E-state index is 0. The van der Waals surface area contributed by atoms with Crippen LogP contribution in [0.1, 0.15) is 60.0 Å². The molecule has 6 nitrogen and oxygen atoms in total. The molecular weight excluding hydrogens is 412 g/mol. The van der Waals surface area contributed by atoms with Gasteiger partial charge in [0.1, 0.15) is 5.82 Å². The van der Waals surface area contributed by atoms with Gasteiger partial charge in [-0.1, -0.05) is 0 Å². The summed E-state index contributed by atoms with van der Waals surface area (Å²) >= 11 is 0. The zero-order chi connectivity index (χ0) is 21.1. The number of nitrogens with two attached hydrogens (primary N) is 1. The molecular formula is C21H28ClF2N5O. The van der Waals surface area contributed by atoms with Crippen molar-refractivity contribution in [1.29, 1.82) is 0 Å². The van der Waals surface area contributed by atoms with E-state index in [1.165, 1.54) is 6.07 Å². The molecule has 30 heavy (non-hydrogen) atoms. The summed E-state index contributed by atoms with van der Waals surface area (Å²) in [6.45, 7) is 4.87. The molecule has 0 unspecified atom stereocenters. The molecule has 9 heteroatoms. The highest BCUT2D eigenvalue weighted by atomic mass is 35.5. The van der Waals surface area contributed by atoms with Gasteiger partial charge in [0.05, 0.1) is 0 Å². The Hall–Kier alpha value is -2.48. The molecule has 0 saturated heterocycles. The van der Waals surface area contributed by atoms with E-state index in [0.717, 1.165) is 36.8 Å². The number of benzene rings is 1. The zero-order valence-electron chi connectivity index (χ0n) is 17.4. The van der Waals surface area contributed by atoms with Crippen LogP contribution < -0.4 is 16.0 Å². The van der Waals surface area contributed by atoms with Gasteiger partial charge >= 0.3 is 0 Å². The van der Waals surface area contributed by atoms with Crippen molar-refractivity contribution in [2.45, 2.75) is 51.5 Å². The van der Waals surface area contributed by atoms with Crippen LogP contribution in [-0.4, -0.2) is 35.5 Å². The lowest BCUT2D eigenvalue weighted by molar-refractivity contribution is 0.0998. The minimum atomic E-state index is -0.966. The number of nitrogens with one attached hydrogen (secondary N) is 1. The number of primary amides is 1. The lowest BCUT2D eigenvalue weighted by atomic mass is 9.79. The smallest absolute Gasteiger partial charge is 0.249 e. The number of rotatable bonds is 6. The first-order valence-electron chi connectivity index (χ1n) is 9.90. The van der Waals surface area contributed by atoms with Gasteiger partial charge in [0, 0.05) is 42.5 Å². The normalized spacial score (nSPS) is 18.4. The third kappa shape index (κ3) is 4.98. The summed E-state index contributed by atoms with van der Waals surface area (Å²) in [6.07, 6.45) is 4.49. The summed E-state index contributed by atoms with van der Waals surface area (Å²) in [7, 11) is 1.98. The van der Waals surface area contributed by atoms with Gasteiger partial charge < -0.3 is 16.0 Å². The van der Waals surface area contributed by atoms with Crippen molar-refractivity contribution >= 4 is 30.1 Å². The van der Waals surface area contributed by atoms with Gasteiger partial charge in [-0.15, -0.1) is 12.4 Å². The first-order valence-corrected chi connectivity index (χ1v) is 9.90. The second kappa shape index (κ2) is 10.0. The van der Waals surface area contributed by atoms with Gasteiger partial charge in [-0.3, -0.25) is 4.79 Å². The number of hydrogen-bond donors (Lipinski definition) is 2. The fourth-order valence-corrected chi connectivity index (χ4v) is 3.93. The fraction of sp³-hybridized carbons (Fsp3) is 0.476.